The number of amides is 3. The molecule has 2 heterocycles. The van der Waals surface area contributed by atoms with Gasteiger partial charge in [-0.15, -0.1) is 0 Å². The number of rotatable bonds is 8. The van der Waals surface area contributed by atoms with Gasteiger partial charge in [0.15, 0.2) is 17.6 Å². The largest absolute Gasteiger partial charge is 0.493 e. The van der Waals surface area contributed by atoms with E-state index in [4.69, 9.17) is 13.9 Å². The molecule has 1 N–H and O–H groups in total. The van der Waals surface area contributed by atoms with Gasteiger partial charge in [0.2, 0.25) is 5.76 Å². The van der Waals surface area contributed by atoms with E-state index in [1.807, 2.05) is 0 Å². The number of carbonyl (C=O) groups excluding carboxylic acids is 4. The van der Waals surface area contributed by atoms with Crippen molar-refractivity contribution in [1.82, 2.24) is 10.2 Å². The minimum atomic E-state index is -0.848. The maximum absolute atomic E-state index is 12.7. The third-order valence-corrected chi connectivity index (χ3v) is 4.66. The Morgan fingerprint density at radius 1 is 1.09 bits per heavy atom. The normalized spacial score (nSPS) is 15.3. The van der Waals surface area contributed by atoms with Gasteiger partial charge in [-0.25, -0.2) is 14.4 Å². The first kappa shape index (κ1) is 23.4. The molecule has 33 heavy (non-hydrogen) atoms. The molecule has 3 rings (SSSR count). The lowest BCUT2D eigenvalue weighted by Crippen LogP contribution is -2.30. The van der Waals surface area contributed by atoms with Crippen molar-refractivity contribution in [1.29, 1.82) is 0 Å². The van der Waals surface area contributed by atoms with Gasteiger partial charge in [0.1, 0.15) is 11.5 Å². The molecule has 0 radical (unpaired) electrons. The van der Waals surface area contributed by atoms with Crippen molar-refractivity contribution < 1.29 is 42.5 Å². The summed E-state index contributed by atoms with van der Waals surface area (Å²) in [4.78, 5) is 49.1. The smallest absolute Gasteiger partial charge is 0.373 e. The fraction of sp³-hybridized carbons (Fsp3) is 0.273. The highest BCUT2D eigenvalue weighted by Gasteiger charge is 2.34. The average Bonchev–Trinajstić information content (AvgIpc) is 3.39. The van der Waals surface area contributed by atoms with E-state index >= 15 is 0 Å². The summed E-state index contributed by atoms with van der Waals surface area (Å²) >= 11 is 0. The molecule has 11 nitrogen and oxygen atoms in total. The van der Waals surface area contributed by atoms with Crippen LogP contribution in [-0.4, -0.2) is 56.2 Å². The number of hydrogen-bond acceptors (Lipinski definition) is 9. The van der Waals surface area contributed by atoms with Crippen LogP contribution in [-0.2, 0) is 25.6 Å². The molecule has 1 aromatic carbocycles. The van der Waals surface area contributed by atoms with Crippen LogP contribution in [0.25, 0.3) is 6.08 Å². The van der Waals surface area contributed by atoms with Gasteiger partial charge in [-0.2, -0.15) is 0 Å². The zero-order chi connectivity index (χ0) is 24.1. The Labute approximate surface area is 188 Å². The Morgan fingerprint density at radius 2 is 1.85 bits per heavy atom. The zero-order valence-electron chi connectivity index (χ0n) is 18.4. The second-order valence-corrected chi connectivity index (χ2v) is 6.83. The van der Waals surface area contributed by atoms with E-state index in [0.717, 1.165) is 4.90 Å². The molecule has 1 fully saturated rings. The van der Waals surface area contributed by atoms with Gasteiger partial charge in [-0.3, -0.25) is 9.69 Å². The van der Waals surface area contributed by atoms with Crippen molar-refractivity contribution in [3.63, 3.8) is 0 Å². The number of carbonyl (C=O) groups is 4. The molecule has 2 aromatic rings. The molecule has 0 saturated carbocycles. The van der Waals surface area contributed by atoms with Gasteiger partial charge in [0.25, 0.3) is 5.91 Å². The molecule has 1 aromatic heterocycles. The molecule has 1 aliphatic rings. The van der Waals surface area contributed by atoms with Crippen molar-refractivity contribution in [2.45, 2.75) is 19.6 Å². The lowest BCUT2D eigenvalue weighted by molar-refractivity contribution is -0.148. The molecule has 0 bridgehead atoms. The third kappa shape index (κ3) is 5.14. The molecule has 0 unspecified atom stereocenters. The first-order valence-corrected chi connectivity index (χ1v) is 9.71. The summed E-state index contributed by atoms with van der Waals surface area (Å²) < 4.78 is 25.4. The second-order valence-electron chi connectivity index (χ2n) is 6.83. The number of nitrogens with zero attached hydrogens (tertiary/aromatic N) is 1. The van der Waals surface area contributed by atoms with Gasteiger partial charge in [-0.05, 0) is 42.8 Å². The zero-order valence-corrected chi connectivity index (χ0v) is 18.4. The van der Waals surface area contributed by atoms with Crippen molar-refractivity contribution in [2.24, 2.45) is 0 Å². The number of imide groups is 1. The molecule has 0 spiro atoms. The van der Waals surface area contributed by atoms with E-state index in [1.165, 1.54) is 46.5 Å². The van der Waals surface area contributed by atoms with Crippen molar-refractivity contribution in [3.05, 3.63) is 53.1 Å². The quantitative estimate of drug-likeness (QED) is 0.359. The van der Waals surface area contributed by atoms with Gasteiger partial charge in [-0.1, -0.05) is 6.07 Å². The summed E-state index contributed by atoms with van der Waals surface area (Å²) in [6, 6.07) is 7.03. The monoisotopic (exact) mass is 458 g/mol. The highest BCUT2D eigenvalue weighted by Crippen LogP contribution is 2.30. The van der Waals surface area contributed by atoms with Crippen LogP contribution in [0.2, 0.25) is 0 Å². The fourth-order valence-electron chi connectivity index (χ4n) is 2.99. The second kappa shape index (κ2) is 9.90. The van der Waals surface area contributed by atoms with Crippen molar-refractivity contribution in [3.8, 4) is 11.5 Å². The van der Waals surface area contributed by atoms with E-state index in [1.54, 1.807) is 18.2 Å². The number of ether oxygens (including phenoxy) is 4. The highest BCUT2D eigenvalue weighted by molar-refractivity contribution is 6.13. The maximum Gasteiger partial charge on any atom is 0.373 e. The first-order valence-electron chi connectivity index (χ1n) is 9.71. The molecule has 0 aliphatic carbocycles. The predicted octanol–water partition coefficient (Wildman–Crippen LogP) is 2.11. The van der Waals surface area contributed by atoms with Crippen LogP contribution in [0.3, 0.4) is 0 Å². The van der Waals surface area contributed by atoms with Crippen LogP contribution in [0.5, 0.6) is 11.5 Å². The molecule has 3 amide bonds. The summed E-state index contributed by atoms with van der Waals surface area (Å²) in [5.74, 6) is -0.956. The number of furan rings is 1. The SMILES string of the molecule is COC(=O)c1ccc(CN2C(=O)N/C(=C\c3ccc(O[C@@H](C)C(=O)OC)c(OC)c3)C2=O)o1. The lowest BCUT2D eigenvalue weighted by Gasteiger charge is -2.15. The van der Waals surface area contributed by atoms with Gasteiger partial charge in [0, 0.05) is 0 Å². The summed E-state index contributed by atoms with van der Waals surface area (Å²) in [5, 5.41) is 2.50. The Bertz CT molecular complexity index is 1120. The molecule has 1 aliphatic heterocycles. The van der Waals surface area contributed by atoms with E-state index in [2.05, 4.69) is 14.8 Å². The first-order chi connectivity index (χ1) is 15.8. The Kier molecular flexibility index (Phi) is 7.01. The molecular formula is C22H22N2O9. The molecule has 1 saturated heterocycles. The number of methoxy groups -OCH3 is 3. The standard InChI is InChI=1S/C22H22N2O9/c1-12(20(26)30-3)32-16-7-5-13(10-18(16)29-2)9-15-19(25)24(22(28)23-15)11-14-6-8-17(33-14)21(27)31-4/h5-10,12H,11H2,1-4H3,(H,23,28)/b15-9-/t12-/m0/s1. The lowest BCUT2D eigenvalue weighted by atomic mass is 10.1. The van der Waals surface area contributed by atoms with Crippen LogP contribution in [0.1, 0.15) is 28.8 Å². The van der Waals surface area contributed by atoms with Gasteiger partial charge < -0.3 is 28.7 Å². The van der Waals surface area contributed by atoms with Crippen molar-refractivity contribution in [2.75, 3.05) is 21.3 Å². The fourth-order valence-corrected chi connectivity index (χ4v) is 2.99. The number of hydrogen-bond donors (Lipinski definition) is 1. The van der Waals surface area contributed by atoms with Crippen LogP contribution in [0.4, 0.5) is 4.79 Å². The minimum Gasteiger partial charge on any atom is -0.493 e. The van der Waals surface area contributed by atoms with Crippen LogP contribution < -0.4 is 14.8 Å². The molecular weight excluding hydrogens is 436 g/mol. The number of benzene rings is 1. The van der Waals surface area contributed by atoms with Gasteiger partial charge >= 0.3 is 18.0 Å². The van der Waals surface area contributed by atoms with E-state index in [-0.39, 0.29) is 23.8 Å². The molecule has 11 heteroatoms. The summed E-state index contributed by atoms with van der Waals surface area (Å²) in [6.45, 7) is 1.37. The number of esters is 2. The van der Waals surface area contributed by atoms with Crippen LogP contribution in [0.15, 0.2) is 40.4 Å². The average molecular weight is 458 g/mol. The Hall–Kier alpha value is -4.28. The minimum absolute atomic E-state index is 0.0359. The summed E-state index contributed by atoms with van der Waals surface area (Å²) in [7, 11) is 3.90. The van der Waals surface area contributed by atoms with E-state index in [0.29, 0.717) is 17.1 Å². The number of nitrogens with one attached hydrogen (secondary N) is 1. The van der Waals surface area contributed by atoms with Gasteiger partial charge in [0.05, 0.1) is 27.9 Å². The van der Waals surface area contributed by atoms with E-state index in [9.17, 15) is 19.2 Å². The maximum atomic E-state index is 12.7. The Morgan fingerprint density at radius 3 is 2.52 bits per heavy atom. The van der Waals surface area contributed by atoms with Crippen LogP contribution in [0, 0.1) is 0 Å². The molecule has 174 valence electrons. The Balaban J connectivity index is 1.76. The topological polar surface area (TPSA) is 134 Å². The van der Waals surface area contributed by atoms with Crippen molar-refractivity contribution >= 4 is 30.0 Å². The molecule has 1 atom stereocenters. The third-order valence-electron chi connectivity index (χ3n) is 4.66. The highest BCUT2D eigenvalue weighted by atomic mass is 16.6. The predicted molar refractivity (Wildman–Crippen MR) is 112 cm³/mol. The summed E-state index contributed by atoms with van der Waals surface area (Å²) in [6.07, 6.45) is 0.622. The van der Waals surface area contributed by atoms with Crippen LogP contribution >= 0.6 is 0 Å². The number of urea groups is 1. The summed E-state index contributed by atoms with van der Waals surface area (Å²) in [5.41, 5.74) is 0.583. The van der Waals surface area contributed by atoms with E-state index < -0.39 is 30.0 Å².